The molecule has 1 aliphatic carbocycles. The summed E-state index contributed by atoms with van der Waals surface area (Å²) in [5.74, 6) is 0. The predicted octanol–water partition coefficient (Wildman–Crippen LogP) is 1.44. The van der Waals surface area contributed by atoms with Gasteiger partial charge in [-0.2, -0.15) is 0 Å². The Hall–Kier alpha value is -2.02. The maximum Gasteiger partial charge on any atom is 0.113 e. The van der Waals surface area contributed by atoms with Crippen LogP contribution in [0.25, 0.3) is 17.2 Å². The van der Waals surface area contributed by atoms with Crippen molar-refractivity contribution in [3.8, 4) is 11.1 Å². The average Bonchev–Trinajstić information content (AvgIpc) is 3.14. The van der Waals surface area contributed by atoms with E-state index in [0.29, 0.717) is 5.56 Å². The number of hydrogen-bond donors (Lipinski definition) is 4. The number of rotatable bonds is 3. The zero-order valence-electron chi connectivity index (χ0n) is 14.2. The summed E-state index contributed by atoms with van der Waals surface area (Å²) in [5.41, 5.74) is 5.24. The van der Waals surface area contributed by atoms with Crippen molar-refractivity contribution in [3.63, 3.8) is 0 Å². The second-order valence-electron chi connectivity index (χ2n) is 6.90. The highest BCUT2D eigenvalue weighted by Crippen LogP contribution is 2.35. The Kier molecular flexibility index (Phi) is 4.65. The minimum Gasteiger partial charge on any atom is -0.394 e. The number of aliphatic hydroxyl groups excluding tert-OH is 4. The molecule has 0 aromatic heterocycles. The molecule has 0 amide bonds. The fourth-order valence-corrected chi connectivity index (χ4v) is 3.70. The van der Waals surface area contributed by atoms with Crippen LogP contribution in [-0.4, -0.2) is 51.4 Å². The largest absolute Gasteiger partial charge is 0.394 e. The van der Waals surface area contributed by atoms with E-state index in [0.717, 1.165) is 17.5 Å². The number of allylic oxidation sites excluding steroid dienone is 1. The standard InChI is InChI=1S/C21H22O5/c22-11-17-18(23)19(24)20(25)21(26-17)16-6-2-5-14(10-16)15-8-7-12-3-1-4-13(12)9-15/h1-2,4-10,17-25H,3,11H2/t17-,18-,19+,20+,21-/m1/s1. The van der Waals surface area contributed by atoms with Gasteiger partial charge in [0.25, 0.3) is 0 Å². The lowest BCUT2D eigenvalue weighted by molar-refractivity contribution is -0.231. The van der Waals surface area contributed by atoms with Crippen molar-refractivity contribution < 1.29 is 25.2 Å². The monoisotopic (exact) mass is 354 g/mol. The molecule has 0 unspecified atom stereocenters. The van der Waals surface area contributed by atoms with Crippen LogP contribution in [0.4, 0.5) is 0 Å². The van der Waals surface area contributed by atoms with Crippen molar-refractivity contribution in [1.82, 2.24) is 0 Å². The smallest absolute Gasteiger partial charge is 0.113 e. The van der Waals surface area contributed by atoms with Crippen molar-refractivity contribution in [2.24, 2.45) is 0 Å². The third-order valence-corrected chi connectivity index (χ3v) is 5.22. The Bertz CT molecular complexity index is 829. The normalized spacial score (nSPS) is 30.4. The number of ether oxygens (including phenoxy) is 1. The summed E-state index contributed by atoms with van der Waals surface area (Å²) < 4.78 is 5.66. The van der Waals surface area contributed by atoms with Gasteiger partial charge in [0.2, 0.25) is 0 Å². The van der Waals surface area contributed by atoms with Crippen LogP contribution in [0.5, 0.6) is 0 Å². The van der Waals surface area contributed by atoms with E-state index in [4.69, 9.17) is 4.74 Å². The first-order chi connectivity index (χ1) is 12.6. The van der Waals surface area contributed by atoms with Gasteiger partial charge in [0.1, 0.15) is 30.5 Å². The summed E-state index contributed by atoms with van der Waals surface area (Å²) in [7, 11) is 0. The van der Waals surface area contributed by atoms with Crippen molar-refractivity contribution in [2.75, 3.05) is 6.61 Å². The molecule has 2 aromatic carbocycles. The molecule has 2 aromatic rings. The van der Waals surface area contributed by atoms with Gasteiger partial charge in [0, 0.05) is 0 Å². The molecule has 1 heterocycles. The quantitative estimate of drug-likeness (QED) is 0.670. The van der Waals surface area contributed by atoms with E-state index in [1.54, 1.807) is 0 Å². The van der Waals surface area contributed by atoms with Crippen LogP contribution >= 0.6 is 0 Å². The number of benzene rings is 2. The van der Waals surface area contributed by atoms with Crippen molar-refractivity contribution in [3.05, 3.63) is 65.2 Å². The maximum atomic E-state index is 10.3. The van der Waals surface area contributed by atoms with Gasteiger partial charge < -0.3 is 25.2 Å². The SMILES string of the molecule is OC[C@H]1O[C@H](c2cccc(-c3ccc4c(c3)C=CC4)c2)[C@@H](O)[C@@H](O)[C@@H]1O. The molecule has 1 saturated heterocycles. The molecule has 1 aliphatic heterocycles. The van der Waals surface area contributed by atoms with Gasteiger partial charge in [0.15, 0.2) is 0 Å². The van der Waals surface area contributed by atoms with Crippen LogP contribution in [0.1, 0.15) is 22.8 Å². The van der Waals surface area contributed by atoms with Crippen molar-refractivity contribution >= 4 is 6.08 Å². The Morgan fingerprint density at radius 2 is 1.73 bits per heavy atom. The average molecular weight is 354 g/mol. The minimum absolute atomic E-state index is 0.432. The van der Waals surface area contributed by atoms with E-state index >= 15 is 0 Å². The Morgan fingerprint density at radius 3 is 2.54 bits per heavy atom. The summed E-state index contributed by atoms with van der Waals surface area (Å²) >= 11 is 0. The van der Waals surface area contributed by atoms with Crippen LogP contribution in [0.15, 0.2) is 48.5 Å². The molecule has 5 atom stereocenters. The van der Waals surface area contributed by atoms with E-state index in [1.807, 2.05) is 24.3 Å². The summed E-state index contributed by atoms with van der Waals surface area (Å²) in [6.45, 7) is -0.432. The molecule has 26 heavy (non-hydrogen) atoms. The van der Waals surface area contributed by atoms with Gasteiger partial charge >= 0.3 is 0 Å². The zero-order valence-corrected chi connectivity index (χ0v) is 14.2. The van der Waals surface area contributed by atoms with Crippen LogP contribution in [0.2, 0.25) is 0 Å². The van der Waals surface area contributed by atoms with E-state index < -0.39 is 37.1 Å². The molecule has 0 saturated carbocycles. The molecule has 0 radical (unpaired) electrons. The summed E-state index contributed by atoms with van der Waals surface area (Å²) in [5, 5.41) is 39.7. The molecule has 0 spiro atoms. The molecule has 0 bridgehead atoms. The molecule has 136 valence electrons. The fourth-order valence-electron chi connectivity index (χ4n) is 3.70. The Morgan fingerprint density at radius 1 is 0.923 bits per heavy atom. The lowest BCUT2D eigenvalue weighted by atomic mass is 9.90. The number of hydrogen-bond acceptors (Lipinski definition) is 5. The van der Waals surface area contributed by atoms with Gasteiger partial charge in [-0.15, -0.1) is 0 Å². The van der Waals surface area contributed by atoms with Crippen LogP contribution in [0, 0.1) is 0 Å². The number of aliphatic hydroxyl groups is 4. The first-order valence-corrected chi connectivity index (χ1v) is 8.79. The maximum absolute atomic E-state index is 10.3. The third-order valence-electron chi connectivity index (χ3n) is 5.22. The van der Waals surface area contributed by atoms with E-state index in [1.165, 1.54) is 11.1 Å². The first-order valence-electron chi connectivity index (χ1n) is 8.79. The van der Waals surface area contributed by atoms with Gasteiger partial charge in [-0.1, -0.05) is 42.5 Å². The molecular weight excluding hydrogens is 332 g/mol. The molecule has 1 fully saturated rings. The third kappa shape index (κ3) is 2.98. The van der Waals surface area contributed by atoms with Crippen LogP contribution in [0.3, 0.4) is 0 Å². The van der Waals surface area contributed by atoms with E-state index in [-0.39, 0.29) is 0 Å². The van der Waals surface area contributed by atoms with Crippen molar-refractivity contribution in [2.45, 2.75) is 36.9 Å². The number of fused-ring (bicyclic) bond motifs is 1. The van der Waals surface area contributed by atoms with Crippen LogP contribution in [-0.2, 0) is 11.2 Å². The van der Waals surface area contributed by atoms with E-state index in [2.05, 4.69) is 30.4 Å². The van der Waals surface area contributed by atoms with Crippen molar-refractivity contribution in [1.29, 1.82) is 0 Å². The second kappa shape index (κ2) is 6.95. The fraction of sp³-hybridized carbons (Fsp3) is 0.333. The Balaban J connectivity index is 1.66. The lowest BCUT2D eigenvalue weighted by Crippen LogP contribution is -2.55. The summed E-state index contributed by atoms with van der Waals surface area (Å²) in [6.07, 6.45) is -0.518. The predicted molar refractivity (Wildman–Crippen MR) is 97.3 cm³/mol. The lowest BCUT2D eigenvalue weighted by Gasteiger charge is -2.40. The van der Waals surface area contributed by atoms with Gasteiger partial charge in [-0.25, -0.2) is 0 Å². The first kappa shape index (κ1) is 17.4. The summed E-state index contributed by atoms with van der Waals surface area (Å²) in [6, 6.07) is 13.9. The molecule has 5 heteroatoms. The molecular formula is C21H22O5. The van der Waals surface area contributed by atoms with Gasteiger partial charge in [0.05, 0.1) is 6.61 Å². The molecule has 2 aliphatic rings. The molecule has 4 N–H and O–H groups in total. The summed E-state index contributed by atoms with van der Waals surface area (Å²) in [4.78, 5) is 0. The highest BCUT2D eigenvalue weighted by molar-refractivity contribution is 5.71. The topological polar surface area (TPSA) is 90.2 Å². The molecule has 5 nitrogen and oxygen atoms in total. The van der Waals surface area contributed by atoms with E-state index in [9.17, 15) is 20.4 Å². The van der Waals surface area contributed by atoms with Crippen LogP contribution < -0.4 is 0 Å². The zero-order chi connectivity index (χ0) is 18.3. The molecule has 4 rings (SSSR count). The second-order valence-corrected chi connectivity index (χ2v) is 6.90. The Labute approximate surface area is 151 Å². The highest BCUT2D eigenvalue weighted by atomic mass is 16.5. The highest BCUT2D eigenvalue weighted by Gasteiger charge is 2.43. The minimum atomic E-state index is -1.38. The van der Waals surface area contributed by atoms with Gasteiger partial charge in [-0.05, 0) is 46.4 Å². The van der Waals surface area contributed by atoms with Gasteiger partial charge in [-0.3, -0.25) is 0 Å².